The van der Waals surface area contributed by atoms with Gasteiger partial charge in [-0.15, -0.1) is 11.3 Å². The van der Waals surface area contributed by atoms with E-state index in [1.54, 1.807) is 12.1 Å². The summed E-state index contributed by atoms with van der Waals surface area (Å²) in [5.74, 6) is 0.243. The molecule has 0 spiro atoms. The second-order valence-corrected chi connectivity index (χ2v) is 9.34. The summed E-state index contributed by atoms with van der Waals surface area (Å²) in [6.07, 6.45) is 3.40. The second-order valence-electron chi connectivity index (χ2n) is 8.51. The van der Waals surface area contributed by atoms with Gasteiger partial charge in [0.1, 0.15) is 23.6 Å². The van der Waals surface area contributed by atoms with Gasteiger partial charge in [-0.05, 0) is 30.7 Å². The molecule has 7 nitrogen and oxygen atoms in total. The molecule has 4 heterocycles. The highest BCUT2D eigenvalue weighted by atomic mass is 32.1. The van der Waals surface area contributed by atoms with Crippen LogP contribution in [0.25, 0.3) is 16.9 Å². The number of benzene rings is 1. The van der Waals surface area contributed by atoms with Gasteiger partial charge in [0.25, 0.3) is 0 Å². The van der Waals surface area contributed by atoms with Gasteiger partial charge in [0.05, 0.1) is 23.6 Å². The van der Waals surface area contributed by atoms with Crippen molar-refractivity contribution in [3.63, 3.8) is 0 Å². The van der Waals surface area contributed by atoms with E-state index in [1.807, 2.05) is 39.7 Å². The van der Waals surface area contributed by atoms with Gasteiger partial charge in [-0.3, -0.25) is 9.30 Å². The number of aldehydes is 1. The van der Waals surface area contributed by atoms with Gasteiger partial charge < -0.3 is 14.6 Å². The molecule has 5 rings (SSSR count). The molecule has 0 radical (unpaired) electrons. The number of aryl methyl sites for hydroxylation is 1. The number of hydrogen-bond acceptors (Lipinski definition) is 7. The SMILES string of the molecule is CCc1nc2cc(F)c(N3CCN(CC=O)CC3)cn2c1N(C)c1nc(-c2ccc(F)cc2)cs1. The number of rotatable bonds is 7. The molecule has 0 unspecified atom stereocenters. The zero-order valence-electron chi connectivity index (χ0n) is 19.6. The Morgan fingerprint density at radius 2 is 1.86 bits per heavy atom. The van der Waals surface area contributed by atoms with Crippen molar-refractivity contribution in [2.75, 3.05) is 49.6 Å². The lowest BCUT2D eigenvalue weighted by Gasteiger charge is -2.35. The average Bonchev–Trinajstić information content (AvgIpc) is 3.49. The number of thiazole rings is 1. The molecule has 0 saturated carbocycles. The third-order valence-electron chi connectivity index (χ3n) is 6.35. The monoisotopic (exact) mass is 496 g/mol. The number of piperazine rings is 1. The van der Waals surface area contributed by atoms with Gasteiger partial charge in [0.2, 0.25) is 0 Å². The van der Waals surface area contributed by atoms with Gasteiger partial charge in [0.15, 0.2) is 10.9 Å². The summed E-state index contributed by atoms with van der Waals surface area (Å²) in [7, 11) is 1.93. The van der Waals surface area contributed by atoms with E-state index in [1.165, 1.54) is 29.5 Å². The fourth-order valence-corrected chi connectivity index (χ4v) is 5.26. The van der Waals surface area contributed by atoms with Crippen LogP contribution in [0.1, 0.15) is 12.6 Å². The number of hydrogen-bond donors (Lipinski definition) is 0. The molecule has 1 saturated heterocycles. The molecule has 3 aromatic heterocycles. The standard InChI is InChI=1S/C25H26F2N6OS/c1-3-20-24(30(2)25-29-21(16-35-25)17-4-6-18(26)7-5-17)33-15-22(19(27)14-23(33)28-20)32-10-8-31(9-11-32)12-13-34/h4-7,13-16H,3,8-12H2,1-2H3. The highest BCUT2D eigenvalue weighted by molar-refractivity contribution is 7.14. The fraction of sp³-hybridized carbons (Fsp3) is 0.320. The Morgan fingerprint density at radius 1 is 1.11 bits per heavy atom. The molecule has 0 N–H and O–H groups in total. The van der Waals surface area contributed by atoms with Crippen LogP contribution < -0.4 is 9.80 Å². The lowest BCUT2D eigenvalue weighted by molar-refractivity contribution is -0.108. The normalized spacial score (nSPS) is 14.6. The Kier molecular flexibility index (Phi) is 6.48. The molecule has 1 fully saturated rings. The van der Waals surface area contributed by atoms with Crippen molar-refractivity contribution in [1.29, 1.82) is 0 Å². The predicted octanol–water partition coefficient (Wildman–Crippen LogP) is 4.39. The molecule has 0 bridgehead atoms. The summed E-state index contributed by atoms with van der Waals surface area (Å²) in [5, 5.41) is 2.70. The number of carbonyl (C=O) groups is 1. The van der Waals surface area contributed by atoms with Crippen molar-refractivity contribution in [2.24, 2.45) is 0 Å². The zero-order chi connectivity index (χ0) is 24.5. The number of nitrogens with zero attached hydrogens (tertiary/aromatic N) is 6. The van der Waals surface area contributed by atoms with Crippen LogP contribution in [0.4, 0.5) is 25.4 Å². The first-order chi connectivity index (χ1) is 17.0. The lowest BCUT2D eigenvalue weighted by atomic mass is 10.2. The minimum absolute atomic E-state index is 0.284. The lowest BCUT2D eigenvalue weighted by Crippen LogP contribution is -2.47. The van der Waals surface area contributed by atoms with Crippen molar-refractivity contribution >= 4 is 39.9 Å². The van der Waals surface area contributed by atoms with Gasteiger partial charge in [0, 0.05) is 56.4 Å². The van der Waals surface area contributed by atoms with E-state index in [4.69, 9.17) is 4.98 Å². The highest BCUT2D eigenvalue weighted by Crippen LogP contribution is 2.35. The van der Waals surface area contributed by atoms with E-state index in [-0.39, 0.29) is 11.6 Å². The molecule has 1 aliphatic heterocycles. The molecule has 0 atom stereocenters. The van der Waals surface area contributed by atoms with Crippen LogP contribution in [0.3, 0.4) is 0 Å². The fourth-order valence-electron chi connectivity index (χ4n) is 4.45. The first-order valence-corrected chi connectivity index (χ1v) is 12.4. The minimum Gasteiger partial charge on any atom is -0.365 e. The minimum atomic E-state index is -0.309. The maximum Gasteiger partial charge on any atom is 0.191 e. The van der Waals surface area contributed by atoms with Crippen molar-refractivity contribution in [1.82, 2.24) is 19.3 Å². The number of fused-ring (bicyclic) bond motifs is 1. The quantitative estimate of drug-likeness (QED) is 0.354. The largest absolute Gasteiger partial charge is 0.365 e. The van der Waals surface area contributed by atoms with Crippen molar-refractivity contribution < 1.29 is 13.6 Å². The van der Waals surface area contributed by atoms with Gasteiger partial charge in [-0.2, -0.15) is 0 Å². The molecule has 1 aromatic carbocycles. The van der Waals surface area contributed by atoms with E-state index >= 15 is 4.39 Å². The van der Waals surface area contributed by atoms with Gasteiger partial charge in [-0.25, -0.2) is 18.7 Å². The third-order valence-corrected chi connectivity index (χ3v) is 7.27. The number of pyridine rings is 1. The highest BCUT2D eigenvalue weighted by Gasteiger charge is 2.24. The summed E-state index contributed by atoms with van der Waals surface area (Å²) in [4.78, 5) is 26.3. The predicted molar refractivity (Wildman–Crippen MR) is 135 cm³/mol. The number of carbonyl (C=O) groups excluding carboxylic acids is 1. The Balaban J connectivity index is 1.49. The smallest absolute Gasteiger partial charge is 0.191 e. The number of anilines is 3. The molecular weight excluding hydrogens is 470 g/mol. The molecule has 0 aliphatic carbocycles. The summed E-state index contributed by atoms with van der Waals surface area (Å²) in [5.41, 5.74) is 3.51. The molecular formula is C25H26F2N6OS. The third kappa shape index (κ3) is 4.51. The van der Waals surface area contributed by atoms with Crippen LogP contribution in [0.15, 0.2) is 41.9 Å². The molecule has 1 aliphatic rings. The first kappa shape index (κ1) is 23.4. The van der Waals surface area contributed by atoms with E-state index < -0.39 is 0 Å². The second kappa shape index (κ2) is 9.71. The van der Waals surface area contributed by atoms with Crippen molar-refractivity contribution in [3.05, 3.63) is 59.2 Å². The number of aromatic nitrogens is 3. The Bertz CT molecular complexity index is 1340. The van der Waals surface area contributed by atoms with Gasteiger partial charge in [-0.1, -0.05) is 6.92 Å². The first-order valence-electron chi connectivity index (χ1n) is 11.5. The van der Waals surface area contributed by atoms with Gasteiger partial charge >= 0.3 is 0 Å². The van der Waals surface area contributed by atoms with Crippen LogP contribution in [-0.2, 0) is 11.2 Å². The topological polar surface area (TPSA) is 57.0 Å². The van der Waals surface area contributed by atoms with E-state index in [0.29, 0.717) is 50.5 Å². The number of halogens is 2. The molecule has 35 heavy (non-hydrogen) atoms. The molecule has 4 aromatic rings. The Morgan fingerprint density at radius 3 is 2.54 bits per heavy atom. The van der Waals surface area contributed by atoms with Crippen molar-refractivity contribution in [3.8, 4) is 11.3 Å². The Hall–Kier alpha value is -3.37. The number of imidazole rings is 1. The van der Waals surface area contributed by atoms with Crippen LogP contribution in [-0.4, -0.2) is 65.3 Å². The van der Waals surface area contributed by atoms with Crippen LogP contribution in [0.5, 0.6) is 0 Å². The Labute approximate surface area is 206 Å². The zero-order valence-corrected chi connectivity index (χ0v) is 20.4. The molecule has 0 amide bonds. The summed E-state index contributed by atoms with van der Waals surface area (Å²) in [6.45, 7) is 5.12. The van der Waals surface area contributed by atoms with E-state index in [0.717, 1.165) is 34.2 Å². The van der Waals surface area contributed by atoms with Crippen molar-refractivity contribution in [2.45, 2.75) is 13.3 Å². The summed E-state index contributed by atoms with van der Waals surface area (Å²) >= 11 is 1.48. The molecule has 182 valence electrons. The average molecular weight is 497 g/mol. The summed E-state index contributed by atoms with van der Waals surface area (Å²) < 4.78 is 30.4. The maximum atomic E-state index is 15.1. The van der Waals surface area contributed by atoms with E-state index in [9.17, 15) is 9.18 Å². The molecule has 10 heteroatoms. The van der Waals surface area contributed by atoms with Crippen LogP contribution >= 0.6 is 11.3 Å². The van der Waals surface area contributed by atoms with E-state index in [2.05, 4.69) is 9.88 Å². The van der Waals surface area contributed by atoms with Crippen LogP contribution in [0.2, 0.25) is 0 Å². The van der Waals surface area contributed by atoms with Crippen LogP contribution in [0, 0.1) is 11.6 Å². The summed E-state index contributed by atoms with van der Waals surface area (Å²) in [6, 6.07) is 7.75. The maximum absolute atomic E-state index is 15.1.